The van der Waals surface area contributed by atoms with Gasteiger partial charge in [-0.3, -0.25) is 4.79 Å². The SMILES string of the molecule is CC(C)(C)OC(=O)/C=C/c1cc2c(cc1N1CCOCC1)[C@H]1CC[C@]3(C)C(=O)CC[C@H]3[C@@H]1CC2. The van der Waals surface area contributed by atoms with E-state index in [-0.39, 0.29) is 11.4 Å². The van der Waals surface area contributed by atoms with Gasteiger partial charge in [-0.2, -0.15) is 0 Å². The summed E-state index contributed by atoms with van der Waals surface area (Å²) < 4.78 is 11.1. The molecule has 4 aliphatic rings. The van der Waals surface area contributed by atoms with Crippen LogP contribution in [0.25, 0.3) is 6.08 Å². The largest absolute Gasteiger partial charge is 0.457 e. The van der Waals surface area contributed by atoms with Crippen molar-refractivity contribution in [1.29, 1.82) is 0 Å². The van der Waals surface area contributed by atoms with Crippen molar-refractivity contribution >= 4 is 23.5 Å². The molecular formula is C29H39NO4. The van der Waals surface area contributed by atoms with E-state index in [9.17, 15) is 9.59 Å². The standard InChI is InChI=1S/C29H39NO4/c1-28(2,3)34-27(32)10-6-20-17-19-5-7-22-21(11-12-29(4)24(22)8-9-26(29)31)23(19)18-25(20)30-13-15-33-16-14-30/h6,10,17-18,21-22,24H,5,7-9,11-16H2,1-4H3/b10-6+/t21-,22+,24-,29-/m0/s1. The average molecular weight is 466 g/mol. The van der Waals surface area contributed by atoms with Gasteiger partial charge in [-0.15, -0.1) is 0 Å². The fraction of sp³-hybridized carbons (Fsp3) is 0.655. The molecule has 0 bridgehead atoms. The number of morpholine rings is 1. The van der Waals surface area contributed by atoms with E-state index in [2.05, 4.69) is 24.0 Å². The number of benzene rings is 1. The van der Waals surface area contributed by atoms with Gasteiger partial charge in [0.05, 0.1) is 13.2 Å². The molecule has 4 atom stereocenters. The van der Waals surface area contributed by atoms with Crippen LogP contribution in [0.3, 0.4) is 0 Å². The number of anilines is 1. The highest BCUT2D eigenvalue weighted by molar-refractivity contribution is 5.89. The fourth-order valence-electron chi connectivity index (χ4n) is 7.10. The Morgan fingerprint density at radius 2 is 1.91 bits per heavy atom. The number of hydrogen-bond acceptors (Lipinski definition) is 5. The number of aryl methyl sites for hydroxylation is 1. The van der Waals surface area contributed by atoms with E-state index in [0.29, 0.717) is 23.5 Å². The Morgan fingerprint density at radius 1 is 1.15 bits per heavy atom. The maximum Gasteiger partial charge on any atom is 0.331 e. The second kappa shape index (κ2) is 8.82. The number of ether oxygens (including phenoxy) is 2. The average Bonchev–Trinajstić information content (AvgIpc) is 3.11. The topological polar surface area (TPSA) is 55.8 Å². The van der Waals surface area contributed by atoms with Crippen LogP contribution in [-0.2, 0) is 25.5 Å². The molecule has 1 heterocycles. The number of nitrogens with zero attached hydrogens (tertiary/aromatic N) is 1. The number of esters is 1. The van der Waals surface area contributed by atoms with E-state index in [4.69, 9.17) is 9.47 Å². The number of ketones is 1. The summed E-state index contributed by atoms with van der Waals surface area (Å²) in [6.07, 6.45) is 9.67. The normalized spacial score (nSPS) is 31.2. The first-order valence-electron chi connectivity index (χ1n) is 13.1. The lowest BCUT2D eigenvalue weighted by molar-refractivity contribution is -0.148. The monoisotopic (exact) mass is 465 g/mol. The first-order valence-corrected chi connectivity index (χ1v) is 13.1. The molecule has 5 rings (SSSR count). The van der Waals surface area contributed by atoms with E-state index in [1.165, 1.54) is 16.8 Å². The molecule has 0 radical (unpaired) electrons. The maximum atomic E-state index is 12.7. The first kappa shape index (κ1) is 23.6. The third-order valence-electron chi connectivity index (χ3n) is 8.74. The first-order chi connectivity index (χ1) is 16.2. The van der Waals surface area contributed by atoms with Gasteiger partial charge in [0.2, 0.25) is 0 Å². The zero-order valence-corrected chi connectivity index (χ0v) is 21.2. The molecule has 0 N–H and O–H groups in total. The number of Topliss-reactive ketones (excluding diaryl/α,β-unsaturated/α-hetero) is 1. The number of carbonyl (C=O) groups is 2. The van der Waals surface area contributed by atoms with Crippen LogP contribution in [0.5, 0.6) is 0 Å². The van der Waals surface area contributed by atoms with Crippen LogP contribution in [0.15, 0.2) is 18.2 Å². The van der Waals surface area contributed by atoms with Crippen LogP contribution in [0, 0.1) is 17.3 Å². The summed E-state index contributed by atoms with van der Waals surface area (Å²) in [7, 11) is 0. The van der Waals surface area contributed by atoms with Crippen LogP contribution in [0.4, 0.5) is 5.69 Å². The smallest absolute Gasteiger partial charge is 0.331 e. The van der Waals surface area contributed by atoms with E-state index in [1.807, 2.05) is 26.8 Å². The Hall–Kier alpha value is -2.14. The minimum absolute atomic E-state index is 0.0954. The second-order valence-electron chi connectivity index (χ2n) is 11.9. The van der Waals surface area contributed by atoms with Crippen molar-refractivity contribution in [2.75, 3.05) is 31.2 Å². The Balaban J connectivity index is 1.48. The quantitative estimate of drug-likeness (QED) is 0.448. The van der Waals surface area contributed by atoms with Gasteiger partial charge in [0.25, 0.3) is 0 Å². The zero-order chi connectivity index (χ0) is 24.1. The number of carbonyl (C=O) groups excluding carboxylic acids is 2. The maximum absolute atomic E-state index is 12.7. The van der Waals surface area contributed by atoms with Gasteiger partial charge < -0.3 is 14.4 Å². The zero-order valence-electron chi connectivity index (χ0n) is 21.2. The Morgan fingerprint density at radius 3 is 2.65 bits per heavy atom. The summed E-state index contributed by atoms with van der Waals surface area (Å²) in [5, 5.41) is 0. The molecule has 1 aliphatic heterocycles. The summed E-state index contributed by atoms with van der Waals surface area (Å²) in [4.78, 5) is 27.5. The van der Waals surface area contributed by atoms with Crippen molar-refractivity contribution in [1.82, 2.24) is 0 Å². The van der Waals surface area contributed by atoms with E-state index >= 15 is 0 Å². The summed E-state index contributed by atoms with van der Waals surface area (Å²) >= 11 is 0. The molecular weight excluding hydrogens is 426 g/mol. The Labute approximate surface area is 203 Å². The Bertz CT molecular complexity index is 1000. The molecule has 0 spiro atoms. The molecule has 0 aromatic heterocycles. The van der Waals surface area contributed by atoms with Gasteiger partial charge in [0, 0.05) is 36.7 Å². The Kier molecular flexibility index (Phi) is 6.12. The number of fused-ring (bicyclic) bond motifs is 5. The van der Waals surface area contributed by atoms with Gasteiger partial charge in [0.15, 0.2) is 0 Å². The molecule has 5 nitrogen and oxygen atoms in total. The van der Waals surface area contributed by atoms with Crippen LogP contribution in [0.1, 0.15) is 82.4 Å². The third-order valence-corrected chi connectivity index (χ3v) is 8.74. The third kappa shape index (κ3) is 4.32. The molecule has 34 heavy (non-hydrogen) atoms. The lowest BCUT2D eigenvalue weighted by Gasteiger charge is -2.48. The van der Waals surface area contributed by atoms with Gasteiger partial charge in [-0.05, 0) is 106 Å². The van der Waals surface area contributed by atoms with Crippen LogP contribution < -0.4 is 4.90 Å². The highest BCUT2D eigenvalue weighted by atomic mass is 16.6. The molecule has 184 valence electrons. The predicted molar refractivity (Wildman–Crippen MR) is 134 cm³/mol. The molecule has 1 aromatic carbocycles. The molecule has 0 unspecified atom stereocenters. The van der Waals surface area contributed by atoms with Gasteiger partial charge in [-0.1, -0.05) is 6.92 Å². The molecule has 3 fully saturated rings. The van der Waals surface area contributed by atoms with Gasteiger partial charge in [0.1, 0.15) is 11.4 Å². The summed E-state index contributed by atoms with van der Waals surface area (Å²) in [6.45, 7) is 11.1. The van der Waals surface area contributed by atoms with Crippen molar-refractivity contribution in [3.8, 4) is 0 Å². The fourth-order valence-corrected chi connectivity index (χ4v) is 7.10. The molecule has 1 saturated heterocycles. The molecule has 5 heteroatoms. The van der Waals surface area contributed by atoms with E-state index < -0.39 is 5.60 Å². The highest BCUT2D eigenvalue weighted by Crippen LogP contribution is 2.59. The van der Waals surface area contributed by atoms with Gasteiger partial charge >= 0.3 is 5.97 Å². The van der Waals surface area contributed by atoms with E-state index in [1.54, 1.807) is 6.08 Å². The van der Waals surface area contributed by atoms with Gasteiger partial charge in [-0.25, -0.2) is 4.79 Å². The van der Waals surface area contributed by atoms with Crippen molar-refractivity contribution < 1.29 is 19.1 Å². The van der Waals surface area contributed by atoms with Crippen molar-refractivity contribution in [2.24, 2.45) is 17.3 Å². The minimum Gasteiger partial charge on any atom is -0.457 e. The second-order valence-corrected chi connectivity index (χ2v) is 11.9. The van der Waals surface area contributed by atoms with Crippen LogP contribution in [-0.4, -0.2) is 43.7 Å². The molecule has 3 aliphatic carbocycles. The molecule has 0 amide bonds. The summed E-state index contributed by atoms with van der Waals surface area (Å²) in [5.41, 5.74) is 4.57. The number of hydrogen-bond donors (Lipinski definition) is 0. The van der Waals surface area contributed by atoms with Crippen LogP contribution in [0.2, 0.25) is 0 Å². The lowest BCUT2D eigenvalue weighted by atomic mass is 9.55. The van der Waals surface area contributed by atoms with Crippen molar-refractivity contribution in [2.45, 2.75) is 77.7 Å². The van der Waals surface area contributed by atoms with Crippen LogP contribution >= 0.6 is 0 Å². The minimum atomic E-state index is -0.504. The van der Waals surface area contributed by atoms with Crippen molar-refractivity contribution in [3.05, 3.63) is 34.9 Å². The van der Waals surface area contributed by atoms with Crippen molar-refractivity contribution in [3.63, 3.8) is 0 Å². The predicted octanol–water partition coefficient (Wildman–Crippen LogP) is 5.30. The molecule has 1 aromatic rings. The lowest BCUT2D eigenvalue weighted by Crippen LogP contribution is -2.42. The number of rotatable bonds is 3. The molecule has 2 saturated carbocycles. The summed E-state index contributed by atoms with van der Waals surface area (Å²) in [5.74, 6) is 1.87. The summed E-state index contributed by atoms with van der Waals surface area (Å²) in [6, 6.07) is 4.72. The van der Waals surface area contributed by atoms with E-state index in [0.717, 1.165) is 70.4 Å². The highest BCUT2D eigenvalue weighted by Gasteiger charge is 2.54.